The lowest BCUT2D eigenvalue weighted by Crippen LogP contribution is -2.33. The van der Waals surface area contributed by atoms with E-state index in [0.717, 1.165) is 33.0 Å². The van der Waals surface area contributed by atoms with Gasteiger partial charge in [-0.3, -0.25) is 4.79 Å². The average Bonchev–Trinajstić information content (AvgIpc) is 2.98. The lowest BCUT2D eigenvalue weighted by Gasteiger charge is -2.24. The number of carbonyl (C=O) groups excluding carboxylic acids is 1. The predicted octanol–water partition coefficient (Wildman–Crippen LogP) is 11.9. The topological polar surface area (TPSA) is 60.8 Å². The Hall–Kier alpha value is -0.610. The quantitative estimate of drug-likeness (QED) is 0.0792. The van der Waals surface area contributed by atoms with Crippen LogP contribution in [-0.2, 0) is 4.79 Å². The second kappa shape index (κ2) is 41.4. The minimum Gasteiger partial charge on any atom is -0.400 e. The van der Waals surface area contributed by atoms with E-state index in [-0.39, 0.29) is 0 Å². The third-order valence-electron chi connectivity index (χ3n) is 8.21. The number of hydrogen-bond donors (Lipinski definition) is 2. The largest absolute Gasteiger partial charge is 0.400 e. The smallest absolute Gasteiger partial charge is 0.222 e. The van der Waals surface area contributed by atoms with E-state index in [9.17, 15) is 4.79 Å². The van der Waals surface area contributed by atoms with Gasteiger partial charge in [-0.1, -0.05) is 183 Å². The van der Waals surface area contributed by atoms with Crippen LogP contribution in [0, 0.1) is 11.8 Å². The van der Waals surface area contributed by atoms with Gasteiger partial charge in [-0.2, -0.15) is 0 Å². The van der Waals surface area contributed by atoms with Gasteiger partial charge in [-0.25, -0.2) is 0 Å². The van der Waals surface area contributed by atoms with Gasteiger partial charge in [0.25, 0.3) is 0 Å². The Balaban J connectivity index is -0.00000176. The molecular formula is C39H83NO3. The maximum atomic E-state index is 12.7. The van der Waals surface area contributed by atoms with Crippen molar-refractivity contribution in [2.45, 2.75) is 208 Å². The molecule has 1 amide bonds. The molecule has 0 aromatic carbocycles. The highest BCUT2D eigenvalue weighted by molar-refractivity contribution is 5.76. The Morgan fingerprint density at radius 1 is 0.488 bits per heavy atom. The maximum Gasteiger partial charge on any atom is 0.222 e. The Morgan fingerprint density at radius 3 is 0.977 bits per heavy atom. The standard InChI is InChI=1S/C33H67NO.C5H12O.CH4O/c1-5-7-9-11-13-15-17-19-21-23-25-27-29-34(33(35)31-32(3)4)30-28-26-24-22-20-18-16-14-12-10-8-6-2;1-5(2)3-4-6;1-2/h32H,5-31H2,1-4H3;5-6H,3-4H2,1-2H3;2H,1H3. The molecule has 43 heavy (non-hydrogen) atoms. The first-order valence-electron chi connectivity index (χ1n) is 19.2. The van der Waals surface area contributed by atoms with Crippen LogP contribution in [0.5, 0.6) is 0 Å². The van der Waals surface area contributed by atoms with Crippen LogP contribution in [0.4, 0.5) is 0 Å². The lowest BCUT2D eigenvalue weighted by atomic mass is 10.0. The molecule has 0 aliphatic rings. The Bertz CT molecular complexity index is 467. The average molecular weight is 614 g/mol. The van der Waals surface area contributed by atoms with Crippen molar-refractivity contribution in [1.29, 1.82) is 0 Å². The highest BCUT2D eigenvalue weighted by Crippen LogP contribution is 2.15. The first-order valence-corrected chi connectivity index (χ1v) is 19.2. The third kappa shape index (κ3) is 43.6. The van der Waals surface area contributed by atoms with E-state index in [4.69, 9.17) is 10.2 Å². The summed E-state index contributed by atoms with van der Waals surface area (Å²) in [7, 11) is 1.00. The molecule has 0 aromatic rings. The molecule has 0 radical (unpaired) electrons. The van der Waals surface area contributed by atoms with Gasteiger partial charge in [-0.05, 0) is 31.1 Å². The number of nitrogens with zero attached hydrogens (tertiary/aromatic N) is 1. The van der Waals surface area contributed by atoms with Gasteiger partial charge >= 0.3 is 0 Å². The molecule has 0 bridgehead atoms. The highest BCUT2D eigenvalue weighted by atomic mass is 16.3. The zero-order chi connectivity index (χ0) is 32.8. The second-order valence-electron chi connectivity index (χ2n) is 13.7. The summed E-state index contributed by atoms with van der Waals surface area (Å²) < 4.78 is 0. The second-order valence-corrected chi connectivity index (χ2v) is 13.7. The van der Waals surface area contributed by atoms with Gasteiger partial charge in [0.1, 0.15) is 0 Å². The van der Waals surface area contributed by atoms with Crippen molar-refractivity contribution in [3.8, 4) is 0 Å². The van der Waals surface area contributed by atoms with E-state index in [1.165, 1.54) is 154 Å². The van der Waals surface area contributed by atoms with Crippen molar-refractivity contribution in [2.24, 2.45) is 11.8 Å². The first kappa shape index (κ1) is 46.8. The van der Waals surface area contributed by atoms with Gasteiger partial charge in [0.05, 0.1) is 0 Å². The van der Waals surface area contributed by atoms with E-state index >= 15 is 0 Å². The van der Waals surface area contributed by atoms with Crippen LogP contribution in [-0.4, -0.2) is 47.8 Å². The van der Waals surface area contributed by atoms with Crippen LogP contribution in [0.2, 0.25) is 0 Å². The summed E-state index contributed by atoms with van der Waals surface area (Å²) in [6.07, 6.45) is 34.7. The molecule has 2 N–H and O–H groups in total. The van der Waals surface area contributed by atoms with Gasteiger partial charge < -0.3 is 15.1 Å². The van der Waals surface area contributed by atoms with Gasteiger partial charge in [0.15, 0.2) is 0 Å². The molecule has 0 fully saturated rings. The lowest BCUT2D eigenvalue weighted by molar-refractivity contribution is -0.132. The monoisotopic (exact) mass is 614 g/mol. The number of aliphatic hydroxyl groups is 2. The fourth-order valence-corrected chi connectivity index (χ4v) is 5.39. The predicted molar refractivity (Wildman–Crippen MR) is 193 cm³/mol. The van der Waals surface area contributed by atoms with Crippen molar-refractivity contribution in [3.05, 3.63) is 0 Å². The van der Waals surface area contributed by atoms with Crippen LogP contribution in [0.1, 0.15) is 208 Å². The summed E-state index contributed by atoms with van der Waals surface area (Å²) in [5.41, 5.74) is 0. The van der Waals surface area contributed by atoms with Crippen molar-refractivity contribution in [1.82, 2.24) is 4.90 Å². The zero-order valence-corrected chi connectivity index (χ0v) is 30.9. The molecule has 4 nitrogen and oxygen atoms in total. The molecule has 262 valence electrons. The SMILES string of the molecule is CC(C)CCO.CCCCCCCCCCCCCCN(CCCCCCCCCCCCCC)C(=O)CC(C)C.CO. The minimum atomic E-state index is 0.331. The Kier molecular flexibility index (Phi) is 45.1. The van der Waals surface area contributed by atoms with E-state index < -0.39 is 0 Å². The molecule has 0 aliphatic heterocycles. The fraction of sp³-hybridized carbons (Fsp3) is 0.974. The van der Waals surface area contributed by atoms with Crippen molar-refractivity contribution in [3.63, 3.8) is 0 Å². The molecular weight excluding hydrogens is 530 g/mol. The van der Waals surface area contributed by atoms with E-state index in [1.807, 2.05) is 0 Å². The van der Waals surface area contributed by atoms with Crippen molar-refractivity contribution < 1.29 is 15.0 Å². The van der Waals surface area contributed by atoms with Crippen LogP contribution in [0.3, 0.4) is 0 Å². The molecule has 0 heterocycles. The molecule has 0 atom stereocenters. The fourth-order valence-electron chi connectivity index (χ4n) is 5.39. The summed E-state index contributed by atoms with van der Waals surface area (Å²) >= 11 is 0. The van der Waals surface area contributed by atoms with Crippen LogP contribution in [0.25, 0.3) is 0 Å². The third-order valence-corrected chi connectivity index (χ3v) is 8.21. The molecule has 4 heteroatoms. The number of rotatable bonds is 30. The normalized spacial score (nSPS) is 10.9. The summed E-state index contributed by atoms with van der Waals surface area (Å²) in [5, 5.41) is 15.2. The summed E-state index contributed by atoms with van der Waals surface area (Å²) in [6, 6.07) is 0. The van der Waals surface area contributed by atoms with E-state index in [2.05, 4.69) is 46.4 Å². The summed E-state index contributed by atoms with van der Waals surface area (Å²) in [5.74, 6) is 1.51. The summed E-state index contributed by atoms with van der Waals surface area (Å²) in [6.45, 7) is 15.4. The number of unbranched alkanes of at least 4 members (excludes halogenated alkanes) is 22. The molecule has 0 spiro atoms. The van der Waals surface area contributed by atoms with Crippen molar-refractivity contribution in [2.75, 3.05) is 26.8 Å². The molecule has 0 rings (SSSR count). The maximum absolute atomic E-state index is 12.7. The molecule has 0 unspecified atom stereocenters. The number of hydrogen-bond acceptors (Lipinski definition) is 3. The van der Waals surface area contributed by atoms with Crippen LogP contribution >= 0.6 is 0 Å². The highest BCUT2D eigenvalue weighted by Gasteiger charge is 2.14. The number of amides is 1. The number of aliphatic hydroxyl groups excluding tert-OH is 2. The summed E-state index contributed by atoms with van der Waals surface area (Å²) in [4.78, 5) is 14.9. The van der Waals surface area contributed by atoms with Crippen molar-refractivity contribution >= 4 is 5.91 Å². The Morgan fingerprint density at radius 2 is 0.767 bits per heavy atom. The van der Waals surface area contributed by atoms with Gasteiger partial charge in [0.2, 0.25) is 5.91 Å². The molecule has 0 saturated heterocycles. The van der Waals surface area contributed by atoms with Gasteiger partial charge in [-0.15, -0.1) is 0 Å². The van der Waals surface area contributed by atoms with E-state index in [1.54, 1.807) is 0 Å². The van der Waals surface area contributed by atoms with E-state index in [0.29, 0.717) is 24.3 Å². The number of carbonyl (C=O) groups is 1. The minimum absolute atomic E-state index is 0.331. The van der Waals surface area contributed by atoms with Crippen LogP contribution in [0.15, 0.2) is 0 Å². The zero-order valence-electron chi connectivity index (χ0n) is 30.9. The van der Waals surface area contributed by atoms with Crippen LogP contribution < -0.4 is 0 Å². The van der Waals surface area contributed by atoms with Gasteiger partial charge in [0, 0.05) is 33.2 Å². The molecule has 0 aliphatic carbocycles. The molecule has 0 aromatic heterocycles. The Labute approximate surface area is 272 Å². The first-order chi connectivity index (χ1) is 20.9. The molecule has 0 saturated carbocycles.